The molecule has 5 heteroatoms. The second kappa shape index (κ2) is 6.61. The summed E-state index contributed by atoms with van der Waals surface area (Å²) in [5, 5.41) is -0.698. The number of hydrogen-bond donors (Lipinski definition) is 0. The first-order valence-corrected chi connectivity index (χ1v) is 5.64. The first-order valence-electron chi connectivity index (χ1n) is 4.77. The van der Waals surface area contributed by atoms with Gasteiger partial charge in [-0.1, -0.05) is 18.2 Å². The van der Waals surface area contributed by atoms with E-state index in [0.717, 1.165) is 0 Å². The van der Waals surface area contributed by atoms with Gasteiger partial charge in [0.15, 0.2) is 0 Å². The van der Waals surface area contributed by atoms with E-state index >= 15 is 0 Å². The molecule has 0 aliphatic carbocycles. The number of halogens is 2. The van der Waals surface area contributed by atoms with Crippen LogP contribution in [-0.2, 0) is 4.74 Å². The van der Waals surface area contributed by atoms with Crippen LogP contribution in [0.25, 0.3) is 0 Å². The summed E-state index contributed by atoms with van der Waals surface area (Å²) in [6.07, 6.45) is -0.783. The molecule has 1 rings (SSSR count). The molecule has 0 aliphatic heterocycles. The highest BCUT2D eigenvalue weighted by atomic mass is 35.5. The predicted molar refractivity (Wildman–Crippen MR) is 63.4 cm³/mol. The Kier molecular flexibility index (Phi) is 5.43. The van der Waals surface area contributed by atoms with Crippen molar-refractivity contribution in [1.29, 1.82) is 0 Å². The second-order valence-electron chi connectivity index (χ2n) is 3.17. The maximum atomic E-state index is 11.2. The summed E-state index contributed by atoms with van der Waals surface area (Å²) in [5.74, 6) is 0.428. The lowest BCUT2D eigenvalue weighted by atomic mass is 10.3. The van der Waals surface area contributed by atoms with Crippen LogP contribution in [0.2, 0.25) is 0 Å². The van der Waals surface area contributed by atoms with Gasteiger partial charge in [-0.2, -0.15) is 0 Å². The minimum absolute atomic E-state index is 0.0257. The number of alkyl halides is 2. The molecule has 1 aromatic rings. The highest BCUT2D eigenvalue weighted by Gasteiger charge is 2.15. The Morgan fingerprint density at radius 3 is 2.50 bits per heavy atom. The van der Waals surface area contributed by atoms with Crippen LogP contribution in [-0.4, -0.2) is 23.5 Å². The van der Waals surface area contributed by atoms with Crippen LogP contribution in [0.5, 0.6) is 5.75 Å². The van der Waals surface area contributed by atoms with E-state index in [0.29, 0.717) is 5.75 Å². The molecule has 0 saturated carbocycles. The second-order valence-corrected chi connectivity index (χ2v) is 4.42. The highest BCUT2D eigenvalue weighted by Crippen LogP contribution is 2.12. The molecule has 0 bridgehead atoms. The molecule has 16 heavy (non-hydrogen) atoms. The Labute approximate surface area is 104 Å². The van der Waals surface area contributed by atoms with Gasteiger partial charge in [-0.3, -0.25) is 0 Å². The normalized spacial score (nSPS) is 13.9. The summed E-state index contributed by atoms with van der Waals surface area (Å²) in [4.78, 5) is 11.2. The lowest BCUT2D eigenvalue weighted by molar-refractivity contribution is 0.0989. The Bertz CT molecular complexity index is 327. The van der Waals surface area contributed by atoms with Crippen molar-refractivity contribution in [3.8, 4) is 5.75 Å². The number of rotatable bonds is 4. The lowest BCUT2D eigenvalue weighted by Gasteiger charge is -2.11. The SMILES string of the molecule is CC(Cl)C(Cl)COC(=O)Oc1ccccc1. The van der Waals surface area contributed by atoms with Crippen LogP contribution >= 0.6 is 23.2 Å². The van der Waals surface area contributed by atoms with Gasteiger partial charge in [0.2, 0.25) is 0 Å². The van der Waals surface area contributed by atoms with Crippen LogP contribution < -0.4 is 4.74 Å². The van der Waals surface area contributed by atoms with Crippen LogP contribution in [0.4, 0.5) is 4.79 Å². The van der Waals surface area contributed by atoms with Crippen molar-refractivity contribution in [2.45, 2.75) is 17.7 Å². The van der Waals surface area contributed by atoms with E-state index in [1.807, 2.05) is 6.07 Å². The third kappa shape index (κ3) is 4.73. The van der Waals surface area contributed by atoms with Crippen molar-refractivity contribution in [3.05, 3.63) is 30.3 Å². The molecular weight excluding hydrogens is 251 g/mol. The van der Waals surface area contributed by atoms with E-state index in [-0.39, 0.29) is 12.0 Å². The van der Waals surface area contributed by atoms with Gasteiger partial charge in [0.25, 0.3) is 0 Å². The summed E-state index contributed by atoms with van der Waals surface area (Å²) in [7, 11) is 0. The molecule has 88 valence electrons. The monoisotopic (exact) mass is 262 g/mol. The number of ether oxygens (including phenoxy) is 2. The van der Waals surface area contributed by atoms with Gasteiger partial charge < -0.3 is 9.47 Å². The molecular formula is C11H12Cl2O3. The molecule has 0 N–H and O–H groups in total. The van der Waals surface area contributed by atoms with Gasteiger partial charge in [0.05, 0.1) is 10.8 Å². The van der Waals surface area contributed by atoms with E-state index in [2.05, 4.69) is 0 Å². The van der Waals surface area contributed by atoms with Crippen molar-refractivity contribution < 1.29 is 14.3 Å². The molecule has 1 aromatic carbocycles. The molecule has 0 radical (unpaired) electrons. The Hall–Kier alpha value is -0.930. The zero-order valence-corrected chi connectivity index (χ0v) is 10.2. The van der Waals surface area contributed by atoms with Crippen LogP contribution in [0.15, 0.2) is 30.3 Å². The molecule has 0 aliphatic rings. The van der Waals surface area contributed by atoms with Crippen molar-refractivity contribution in [2.75, 3.05) is 6.61 Å². The molecule has 2 atom stereocenters. The highest BCUT2D eigenvalue weighted by molar-refractivity contribution is 6.29. The third-order valence-corrected chi connectivity index (χ3v) is 2.74. The Morgan fingerprint density at radius 2 is 1.94 bits per heavy atom. The van der Waals surface area contributed by atoms with Crippen molar-refractivity contribution in [2.24, 2.45) is 0 Å². The van der Waals surface area contributed by atoms with E-state index < -0.39 is 11.5 Å². The molecule has 0 aromatic heterocycles. The van der Waals surface area contributed by atoms with Gasteiger partial charge in [0.1, 0.15) is 12.4 Å². The average Bonchev–Trinajstić information content (AvgIpc) is 2.27. The average molecular weight is 263 g/mol. The van der Waals surface area contributed by atoms with Crippen LogP contribution in [0.3, 0.4) is 0 Å². The van der Waals surface area contributed by atoms with Gasteiger partial charge in [-0.05, 0) is 19.1 Å². The van der Waals surface area contributed by atoms with E-state index in [1.54, 1.807) is 31.2 Å². The van der Waals surface area contributed by atoms with Gasteiger partial charge in [-0.15, -0.1) is 23.2 Å². The van der Waals surface area contributed by atoms with E-state index in [9.17, 15) is 4.79 Å². The topological polar surface area (TPSA) is 35.5 Å². The Balaban J connectivity index is 2.32. The molecule has 3 nitrogen and oxygen atoms in total. The number of hydrogen-bond acceptors (Lipinski definition) is 3. The minimum atomic E-state index is -0.783. The zero-order chi connectivity index (χ0) is 12.0. The summed E-state index contributed by atoms with van der Waals surface area (Å²) < 4.78 is 9.67. The fourth-order valence-corrected chi connectivity index (χ4v) is 1.03. The summed E-state index contributed by atoms with van der Waals surface area (Å²) in [6, 6.07) is 8.65. The minimum Gasteiger partial charge on any atom is -0.432 e. The molecule has 0 amide bonds. The van der Waals surface area contributed by atoms with Crippen molar-refractivity contribution in [3.63, 3.8) is 0 Å². The molecule has 2 unspecified atom stereocenters. The fraction of sp³-hybridized carbons (Fsp3) is 0.364. The molecule has 0 heterocycles. The maximum absolute atomic E-state index is 11.2. The van der Waals surface area contributed by atoms with Gasteiger partial charge >= 0.3 is 6.16 Å². The standard InChI is InChI=1S/C11H12Cl2O3/c1-8(12)10(13)7-15-11(14)16-9-5-3-2-4-6-9/h2-6,8,10H,7H2,1H3. The smallest absolute Gasteiger partial charge is 0.432 e. The van der Waals surface area contributed by atoms with Gasteiger partial charge in [0, 0.05) is 0 Å². The van der Waals surface area contributed by atoms with E-state index in [4.69, 9.17) is 32.7 Å². The number of carbonyl (C=O) groups is 1. The van der Waals surface area contributed by atoms with Crippen LogP contribution in [0.1, 0.15) is 6.92 Å². The molecule has 0 fully saturated rings. The summed E-state index contributed by atoms with van der Waals surface area (Å²) >= 11 is 11.5. The summed E-state index contributed by atoms with van der Waals surface area (Å²) in [6.45, 7) is 1.75. The Morgan fingerprint density at radius 1 is 1.31 bits per heavy atom. The first-order chi connectivity index (χ1) is 7.59. The maximum Gasteiger partial charge on any atom is 0.513 e. The fourth-order valence-electron chi connectivity index (χ4n) is 0.894. The first kappa shape index (κ1) is 13.1. The number of para-hydroxylation sites is 1. The quantitative estimate of drug-likeness (QED) is 0.474. The largest absolute Gasteiger partial charge is 0.513 e. The number of carbonyl (C=O) groups excluding carboxylic acids is 1. The zero-order valence-electron chi connectivity index (χ0n) is 8.73. The molecule has 0 spiro atoms. The third-order valence-electron chi connectivity index (χ3n) is 1.80. The van der Waals surface area contributed by atoms with E-state index in [1.165, 1.54) is 0 Å². The lowest BCUT2D eigenvalue weighted by Crippen LogP contribution is -2.22. The predicted octanol–water partition coefficient (Wildman–Crippen LogP) is 3.44. The number of benzene rings is 1. The summed E-state index contributed by atoms with van der Waals surface area (Å²) in [5.41, 5.74) is 0. The van der Waals surface area contributed by atoms with Crippen molar-refractivity contribution >= 4 is 29.4 Å². The van der Waals surface area contributed by atoms with Crippen LogP contribution in [0, 0.1) is 0 Å². The van der Waals surface area contributed by atoms with Crippen molar-refractivity contribution in [1.82, 2.24) is 0 Å². The van der Waals surface area contributed by atoms with Gasteiger partial charge in [-0.25, -0.2) is 4.79 Å². The molecule has 0 saturated heterocycles.